The van der Waals surface area contributed by atoms with Crippen LogP contribution in [0.3, 0.4) is 0 Å². The number of rotatable bonds is 11. The second-order valence-corrected chi connectivity index (χ2v) is 6.45. The first-order valence-electron chi connectivity index (χ1n) is 9.20. The predicted octanol–water partition coefficient (Wildman–Crippen LogP) is 4.61. The van der Waals surface area contributed by atoms with Crippen LogP contribution in [0.15, 0.2) is 36.4 Å². The van der Waals surface area contributed by atoms with E-state index < -0.39 is 0 Å². The van der Waals surface area contributed by atoms with Gasteiger partial charge in [0.2, 0.25) is 0 Å². The van der Waals surface area contributed by atoms with E-state index in [2.05, 4.69) is 18.9 Å². The van der Waals surface area contributed by atoms with Crippen molar-refractivity contribution in [2.45, 2.75) is 58.3 Å². The summed E-state index contributed by atoms with van der Waals surface area (Å²) in [7, 11) is 0. The standard InChI is InChI=1S/C20H30N2O2/c1-3-4-5-6-7-8-9-10-15-24-19-13-11-18(12-14-19)22-16-17(2)20(23)21-22/h11-14H,2-10,15-16H2,1H3,(H,21,23). The maximum absolute atomic E-state index is 11.4. The molecule has 1 saturated heterocycles. The molecule has 0 unspecified atom stereocenters. The molecule has 24 heavy (non-hydrogen) atoms. The summed E-state index contributed by atoms with van der Waals surface area (Å²) in [6.45, 7) is 7.28. The molecule has 1 aromatic carbocycles. The van der Waals surface area contributed by atoms with Crippen molar-refractivity contribution in [3.8, 4) is 5.75 Å². The third-order valence-corrected chi connectivity index (χ3v) is 4.32. The highest BCUT2D eigenvalue weighted by molar-refractivity contribution is 5.97. The molecule has 1 N–H and O–H groups in total. The molecule has 4 nitrogen and oxygen atoms in total. The number of amides is 1. The number of benzene rings is 1. The van der Waals surface area contributed by atoms with Gasteiger partial charge in [-0.3, -0.25) is 15.2 Å². The van der Waals surface area contributed by atoms with Crippen molar-refractivity contribution in [2.24, 2.45) is 0 Å². The number of carbonyl (C=O) groups is 1. The minimum atomic E-state index is -0.106. The lowest BCUT2D eigenvalue weighted by Gasteiger charge is -2.17. The molecule has 1 fully saturated rings. The first kappa shape index (κ1) is 18.4. The third-order valence-electron chi connectivity index (χ3n) is 4.32. The highest BCUT2D eigenvalue weighted by Gasteiger charge is 2.22. The number of hydrogen-bond donors (Lipinski definition) is 1. The molecule has 1 aromatic rings. The number of hydrazine groups is 1. The smallest absolute Gasteiger partial charge is 0.267 e. The molecule has 1 amide bonds. The van der Waals surface area contributed by atoms with Gasteiger partial charge in [0.05, 0.1) is 18.8 Å². The van der Waals surface area contributed by atoms with Gasteiger partial charge in [-0.2, -0.15) is 0 Å². The summed E-state index contributed by atoms with van der Waals surface area (Å²) in [5, 5.41) is 1.80. The van der Waals surface area contributed by atoms with Gasteiger partial charge in [0.15, 0.2) is 0 Å². The fraction of sp³-hybridized carbons (Fsp3) is 0.550. The highest BCUT2D eigenvalue weighted by atomic mass is 16.5. The average molecular weight is 330 g/mol. The molecule has 1 heterocycles. The average Bonchev–Trinajstić information content (AvgIpc) is 2.93. The van der Waals surface area contributed by atoms with E-state index in [-0.39, 0.29) is 5.91 Å². The first-order valence-corrected chi connectivity index (χ1v) is 9.20. The molecule has 0 aromatic heterocycles. The molecule has 1 aliphatic rings. The molecule has 0 spiro atoms. The van der Waals surface area contributed by atoms with Crippen LogP contribution in [0.4, 0.5) is 5.69 Å². The van der Waals surface area contributed by atoms with Crippen LogP contribution in [-0.2, 0) is 4.79 Å². The Morgan fingerprint density at radius 1 is 1.04 bits per heavy atom. The zero-order chi connectivity index (χ0) is 17.2. The second kappa shape index (κ2) is 10.0. The Balaban J connectivity index is 1.59. The molecular weight excluding hydrogens is 300 g/mol. The largest absolute Gasteiger partial charge is 0.494 e. The van der Waals surface area contributed by atoms with Crippen molar-refractivity contribution in [3.63, 3.8) is 0 Å². The van der Waals surface area contributed by atoms with Gasteiger partial charge in [-0.25, -0.2) is 0 Å². The number of carbonyl (C=O) groups excluding carboxylic acids is 1. The number of nitrogens with zero attached hydrogens (tertiary/aromatic N) is 1. The molecule has 0 radical (unpaired) electrons. The summed E-state index contributed by atoms with van der Waals surface area (Å²) in [5.74, 6) is 0.774. The van der Waals surface area contributed by atoms with E-state index in [9.17, 15) is 4.79 Å². The monoisotopic (exact) mass is 330 g/mol. The van der Waals surface area contributed by atoms with E-state index >= 15 is 0 Å². The number of ether oxygens (including phenoxy) is 1. The van der Waals surface area contributed by atoms with Crippen LogP contribution in [0.2, 0.25) is 0 Å². The van der Waals surface area contributed by atoms with E-state index in [0.29, 0.717) is 12.1 Å². The van der Waals surface area contributed by atoms with Crippen LogP contribution < -0.4 is 15.2 Å². The van der Waals surface area contributed by atoms with Crippen LogP contribution in [0.5, 0.6) is 5.75 Å². The maximum atomic E-state index is 11.4. The lowest BCUT2D eigenvalue weighted by molar-refractivity contribution is -0.116. The second-order valence-electron chi connectivity index (χ2n) is 6.45. The van der Waals surface area contributed by atoms with Crippen molar-refractivity contribution in [1.29, 1.82) is 0 Å². The fourth-order valence-corrected chi connectivity index (χ4v) is 2.81. The lowest BCUT2D eigenvalue weighted by Crippen LogP contribution is -2.32. The maximum Gasteiger partial charge on any atom is 0.267 e. The lowest BCUT2D eigenvalue weighted by atomic mass is 10.1. The van der Waals surface area contributed by atoms with Crippen LogP contribution in [0.25, 0.3) is 0 Å². The summed E-state index contributed by atoms with van der Waals surface area (Å²) in [4.78, 5) is 11.4. The summed E-state index contributed by atoms with van der Waals surface area (Å²) in [6.07, 6.45) is 10.4. The van der Waals surface area contributed by atoms with Gasteiger partial charge in [-0.15, -0.1) is 0 Å². The van der Waals surface area contributed by atoms with Gasteiger partial charge in [0.25, 0.3) is 5.91 Å². The molecule has 0 atom stereocenters. The van der Waals surface area contributed by atoms with Crippen molar-refractivity contribution < 1.29 is 9.53 Å². The number of anilines is 1. The Bertz CT molecular complexity index is 509. The first-order chi connectivity index (χ1) is 11.7. The third kappa shape index (κ3) is 5.91. The number of unbranched alkanes of at least 4 members (excludes halogenated alkanes) is 7. The Hall–Kier alpha value is -1.97. The SMILES string of the molecule is C=C1CN(c2ccc(OCCCCCCCCCC)cc2)NC1=O. The zero-order valence-corrected chi connectivity index (χ0v) is 14.9. The predicted molar refractivity (Wildman–Crippen MR) is 99.2 cm³/mol. The van der Waals surface area contributed by atoms with Gasteiger partial charge >= 0.3 is 0 Å². The van der Waals surface area contributed by atoms with Crippen molar-refractivity contribution in [2.75, 3.05) is 18.2 Å². The topological polar surface area (TPSA) is 41.6 Å². The Morgan fingerprint density at radius 2 is 1.67 bits per heavy atom. The minimum absolute atomic E-state index is 0.106. The Labute approximate surface area is 145 Å². The molecule has 0 bridgehead atoms. The molecule has 2 rings (SSSR count). The quantitative estimate of drug-likeness (QED) is 0.476. The van der Waals surface area contributed by atoms with Gasteiger partial charge in [-0.1, -0.05) is 58.4 Å². The van der Waals surface area contributed by atoms with E-state index in [0.717, 1.165) is 24.5 Å². The molecule has 132 valence electrons. The zero-order valence-electron chi connectivity index (χ0n) is 14.9. The van der Waals surface area contributed by atoms with Gasteiger partial charge < -0.3 is 4.74 Å². The Kier molecular flexibility index (Phi) is 7.66. The van der Waals surface area contributed by atoms with Crippen molar-refractivity contribution in [1.82, 2.24) is 5.43 Å². The molecule has 0 aliphatic carbocycles. The van der Waals surface area contributed by atoms with Crippen LogP contribution in [-0.4, -0.2) is 19.1 Å². The number of hydrogen-bond acceptors (Lipinski definition) is 3. The number of nitrogens with one attached hydrogen (secondary N) is 1. The highest BCUT2D eigenvalue weighted by Crippen LogP contribution is 2.21. The fourth-order valence-electron chi connectivity index (χ4n) is 2.81. The van der Waals surface area contributed by atoms with E-state index in [1.165, 1.54) is 44.9 Å². The summed E-state index contributed by atoms with van der Waals surface area (Å²) >= 11 is 0. The molecule has 1 aliphatic heterocycles. The minimum Gasteiger partial charge on any atom is -0.494 e. The summed E-state index contributed by atoms with van der Waals surface area (Å²) in [5.41, 5.74) is 4.31. The van der Waals surface area contributed by atoms with Crippen LogP contribution >= 0.6 is 0 Å². The molecular formula is C20H30N2O2. The molecule has 0 saturated carbocycles. The Morgan fingerprint density at radius 3 is 2.25 bits per heavy atom. The summed E-state index contributed by atoms with van der Waals surface area (Å²) < 4.78 is 5.79. The molecule has 4 heteroatoms. The van der Waals surface area contributed by atoms with Gasteiger partial charge in [0, 0.05) is 5.57 Å². The van der Waals surface area contributed by atoms with E-state index in [1.807, 2.05) is 24.3 Å². The van der Waals surface area contributed by atoms with Gasteiger partial charge in [0.1, 0.15) is 5.75 Å². The van der Waals surface area contributed by atoms with Crippen molar-refractivity contribution in [3.05, 3.63) is 36.4 Å². The van der Waals surface area contributed by atoms with Crippen LogP contribution in [0, 0.1) is 0 Å². The van der Waals surface area contributed by atoms with Crippen molar-refractivity contribution >= 4 is 11.6 Å². The normalized spacial score (nSPS) is 14.1. The van der Waals surface area contributed by atoms with E-state index in [4.69, 9.17) is 4.74 Å². The van der Waals surface area contributed by atoms with E-state index in [1.54, 1.807) is 5.01 Å². The summed E-state index contributed by atoms with van der Waals surface area (Å²) in [6, 6.07) is 7.82. The van der Waals surface area contributed by atoms with Crippen LogP contribution in [0.1, 0.15) is 58.3 Å². The van der Waals surface area contributed by atoms with Gasteiger partial charge in [-0.05, 0) is 30.7 Å².